The number of aromatic nitrogens is 3. The SMILES string of the molecule is CC(C)(C)c1cc(CN2CCN(c3nccc4ccccc34)CC2)[nH]n1. The molecule has 0 unspecified atom stereocenters. The number of nitrogens with one attached hydrogen (secondary N) is 1. The van der Waals surface area contributed by atoms with E-state index in [2.05, 4.69) is 82.2 Å². The topological polar surface area (TPSA) is 48.0 Å². The van der Waals surface area contributed by atoms with Gasteiger partial charge in [0.1, 0.15) is 5.82 Å². The number of nitrogens with zero attached hydrogens (tertiary/aromatic N) is 4. The van der Waals surface area contributed by atoms with Crippen LogP contribution in [-0.2, 0) is 12.0 Å². The highest BCUT2D eigenvalue weighted by molar-refractivity contribution is 5.92. The van der Waals surface area contributed by atoms with Crippen LogP contribution in [0.1, 0.15) is 32.2 Å². The highest BCUT2D eigenvalue weighted by atomic mass is 15.3. The van der Waals surface area contributed by atoms with Gasteiger partial charge in [0.2, 0.25) is 0 Å². The van der Waals surface area contributed by atoms with Crippen molar-refractivity contribution < 1.29 is 0 Å². The zero-order valence-corrected chi connectivity index (χ0v) is 15.9. The molecule has 1 N–H and O–H groups in total. The lowest BCUT2D eigenvalue weighted by atomic mass is 9.92. The summed E-state index contributed by atoms with van der Waals surface area (Å²) < 4.78 is 0. The quantitative estimate of drug-likeness (QED) is 0.785. The molecule has 1 saturated heterocycles. The predicted octanol–water partition coefficient (Wildman–Crippen LogP) is 3.58. The van der Waals surface area contributed by atoms with Crippen LogP contribution >= 0.6 is 0 Å². The first-order valence-electron chi connectivity index (χ1n) is 9.36. The summed E-state index contributed by atoms with van der Waals surface area (Å²) in [6.45, 7) is 11.6. The summed E-state index contributed by atoms with van der Waals surface area (Å²) in [7, 11) is 0. The maximum absolute atomic E-state index is 4.66. The Morgan fingerprint density at radius 3 is 2.54 bits per heavy atom. The van der Waals surface area contributed by atoms with Gasteiger partial charge in [0.15, 0.2) is 0 Å². The Morgan fingerprint density at radius 1 is 1.04 bits per heavy atom. The van der Waals surface area contributed by atoms with E-state index in [1.807, 2.05) is 6.20 Å². The predicted molar refractivity (Wildman–Crippen MR) is 107 cm³/mol. The third-order valence-corrected chi connectivity index (χ3v) is 5.12. The summed E-state index contributed by atoms with van der Waals surface area (Å²) in [5.74, 6) is 1.11. The number of aromatic amines is 1. The largest absolute Gasteiger partial charge is 0.354 e. The first kappa shape index (κ1) is 17.0. The Balaban J connectivity index is 1.42. The molecular formula is C21H27N5. The van der Waals surface area contributed by atoms with Crippen LogP contribution in [0.15, 0.2) is 42.6 Å². The van der Waals surface area contributed by atoms with Crippen LogP contribution in [-0.4, -0.2) is 46.3 Å². The smallest absolute Gasteiger partial charge is 0.136 e. The molecule has 0 bridgehead atoms. The fourth-order valence-corrected chi connectivity index (χ4v) is 3.54. The van der Waals surface area contributed by atoms with Crippen LogP contribution in [0.5, 0.6) is 0 Å². The molecule has 0 spiro atoms. The Bertz CT molecular complexity index is 879. The van der Waals surface area contributed by atoms with E-state index in [1.54, 1.807) is 0 Å². The minimum atomic E-state index is 0.0908. The van der Waals surface area contributed by atoms with E-state index < -0.39 is 0 Å². The van der Waals surface area contributed by atoms with Crippen LogP contribution in [0.2, 0.25) is 0 Å². The zero-order chi connectivity index (χ0) is 18.1. The maximum Gasteiger partial charge on any atom is 0.136 e. The van der Waals surface area contributed by atoms with Gasteiger partial charge >= 0.3 is 0 Å². The molecule has 3 heterocycles. The lowest BCUT2D eigenvalue weighted by molar-refractivity contribution is 0.246. The van der Waals surface area contributed by atoms with Gasteiger partial charge in [-0.1, -0.05) is 45.0 Å². The number of benzene rings is 1. The molecule has 0 saturated carbocycles. The number of anilines is 1. The number of pyridine rings is 1. The average Bonchev–Trinajstić information content (AvgIpc) is 3.11. The highest BCUT2D eigenvalue weighted by Crippen LogP contribution is 2.25. The Kier molecular flexibility index (Phi) is 4.41. The number of hydrogen-bond donors (Lipinski definition) is 1. The number of rotatable bonds is 3. The van der Waals surface area contributed by atoms with Crippen molar-refractivity contribution in [1.82, 2.24) is 20.1 Å². The average molecular weight is 349 g/mol. The lowest BCUT2D eigenvalue weighted by Gasteiger charge is -2.35. The van der Waals surface area contributed by atoms with Crippen molar-refractivity contribution in [2.24, 2.45) is 0 Å². The standard InChI is InChI=1S/C21H27N5/c1-21(2,3)19-14-17(23-24-19)15-25-10-12-26(13-11-25)20-18-7-5-4-6-16(18)8-9-22-20/h4-9,14H,10-13,15H2,1-3H3,(H,23,24). The van der Waals surface area contributed by atoms with Gasteiger partial charge in [-0.3, -0.25) is 10.00 Å². The summed E-state index contributed by atoms with van der Waals surface area (Å²) in [5, 5.41) is 10.2. The van der Waals surface area contributed by atoms with Crippen molar-refractivity contribution >= 4 is 16.6 Å². The normalized spacial score (nSPS) is 16.3. The lowest BCUT2D eigenvalue weighted by Crippen LogP contribution is -2.46. The molecule has 5 heteroatoms. The number of H-pyrrole nitrogens is 1. The molecule has 0 amide bonds. The van der Waals surface area contributed by atoms with Gasteiger partial charge in [-0.25, -0.2) is 4.98 Å². The highest BCUT2D eigenvalue weighted by Gasteiger charge is 2.22. The van der Waals surface area contributed by atoms with Crippen LogP contribution in [0.4, 0.5) is 5.82 Å². The van der Waals surface area contributed by atoms with E-state index in [0.717, 1.165) is 44.2 Å². The van der Waals surface area contributed by atoms with Gasteiger partial charge in [0, 0.05) is 55.4 Å². The zero-order valence-electron chi connectivity index (χ0n) is 15.9. The Labute approximate surface area is 155 Å². The van der Waals surface area contributed by atoms with Crippen molar-refractivity contribution in [1.29, 1.82) is 0 Å². The molecule has 0 atom stereocenters. The first-order chi connectivity index (χ1) is 12.5. The molecule has 5 nitrogen and oxygen atoms in total. The van der Waals surface area contributed by atoms with Gasteiger partial charge in [-0.05, 0) is 17.5 Å². The third-order valence-electron chi connectivity index (χ3n) is 5.12. The third kappa shape index (κ3) is 3.44. The van der Waals surface area contributed by atoms with Crippen molar-refractivity contribution in [3.63, 3.8) is 0 Å². The molecule has 3 aromatic rings. The summed E-state index contributed by atoms with van der Waals surface area (Å²) >= 11 is 0. The summed E-state index contributed by atoms with van der Waals surface area (Å²) in [4.78, 5) is 9.56. The van der Waals surface area contributed by atoms with Gasteiger partial charge in [0.05, 0.1) is 5.69 Å². The molecule has 4 rings (SSSR count). The molecular weight excluding hydrogens is 322 g/mol. The second-order valence-electron chi connectivity index (χ2n) is 8.15. The molecule has 2 aromatic heterocycles. The molecule has 0 aliphatic carbocycles. The maximum atomic E-state index is 4.66. The second kappa shape index (κ2) is 6.72. The monoisotopic (exact) mass is 349 g/mol. The Morgan fingerprint density at radius 2 is 1.81 bits per heavy atom. The van der Waals surface area contributed by atoms with Gasteiger partial charge in [-0.2, -0.15) is 5.10 Å². The number of fused-ring (bicyclic) bond motifs is 1. The number of piperazine rings is 1. The Hall–Kier alpha value is -2.40. The molecule has 1 aromatic carbocycles. The van der Waals surface area contributed by atoms with Crippen LogP contribution < -0.4 is 4.90 Å². The van der Waals surface area contributed by atoms with E-state index in [0.29, 0.717) is 0 Å². The molecule has 0 radical (unpaired) electrons. The summed E-state index contributed by atoms with van der Waals surface area (Å²) in [5.41, 5.74) is 2.42. The van der Waals surface area contributed by atoms with E-state index in [1.165, 1.54) is 16.5 Å². The van der Waals surface area contributed by atoms with Crippen LogP contribution in [0, 0.1) is 0 Å². The van der Waals surface area contributed by atoms with Gasteiger partial charge in [-0.15, -0.1) is 0 Å². The molecule has 1 fully saturated rings. The molecule has 1 aliphatic heterocycles. The van der Waals surface area contributed by atoms with E-state index in [-0.39, 0.29) is 5.41 Å². The second-order valence-corrected chi connectivity index (χ2v) is 8.15. The molecule has 1 aliphatic rings. The van der Waals surface area contributed by atoms with Crippen molar-refractivity contribution in [3.8, 4) is 0 Å². The molecule has 136 valence electrons. The van der Waals surface area contributed by atoms with E-state index >= 15 is 0 Å². The molecule has 26 heavy (non-hydrogen) atoms. The van der Waals surface area contributed by atoms with Crippen LogP contribution in [0.3, 0.4) is 0 Å². The summed E-state index contributed by atoms with van der Waals surface area (Å²) in [6.07, 6.45) is 1.92. The van der Waals surface area contributed by atoms with E-state index in [9.17, 15) is 0 Å². The number of hydrogen-bond acceptors (Lipinski definition) is 4. The fourth-order valence-electron chi connectivity index (χ4n) is 3.54. The summed E-state index contributed by atoms with van der Waals surface area (Å²) in [6, 6.07) is 12.8. The minimum absolute atomic E-state index is 0.0908. The van der Waals surface area contributed by atoms with Gasteiger partial charge < -0.3 is 4.90 Å². The van der Waals surface area contributed by atoms with Crippen molar-refractivity contribution in [2.75, 3.05) is 31.1 Å². The van der Waals surface area contributed by atoms with Crippen LogP contribution in [0.25, 0.3) is 10.8 Å². The van der Waals surface area contributed by atoms with E-state index in [4.69, 9.17) is 0 Å². The van der Waals surface area contributed by atoms with Crippen molar-refractivity contribution in [3.05, 3.63) is 54.0 Å². The first-order valence-corrected chi connectivity index (χ1v) is 9.36. The minimum Gasteiger partial charge on any atom is -0.354 e. The fraction of sp³-hybridized carbons (Fsp3) is 0.429. The van der Waals surface area contributed by atoms with Gasteiger partial charge in [0.25, 0.3) is 0 Å². The van der Waals surface area contributed by atoms with Crippen molar-refractivity contribution in [2.45, 2.75) is 32.7 Å².